The molecule has 2 aromatic rings. The molecule has 0 saturated heterocycles. The number of aromatic nitrogens is 2. The minimum atomic E-state index is -0.429. The normalized spacial score (nSPS) is 10.2. The topological polar surface area (TPSA) is 102 Å². The van der Waals surface area contributed by atoms with Crippen LogP contribution < -0.4 is 16.4 Å². The third-order valence-electron chi connectivity index (χ3n) is 3.29. The van der Waals surface area contributed by atoms with Gasteiger partial charge in [-0.05, 0) is 18.6 Å². The van der Waals surface area contributed by atoms with Crippen molar-refractivity contribution in [2.45, 2.75) is 19.8 Å². The zero-order valence-electron chi connectivity index (χ0n) is 13.3. The zero-order chi connectivity index (χ0) is 16.7. The lowest BCUT2D eigenvalue weighted by Gasteiger charge is -2.14. The summed E-state index contributed by atoms with van der Waals surface area (Å²) in [5.41, 5.74) is 7.50. The number of rotatable bonds is 7. The van der Waals surface area contributed by atoms with Crippen molar-refractivity contribution in [2.24, 2.45) is 0 Å². The van der Waals surface area contributed by atoms with E-state index in [0.29, 0.717) is 28.6 Å². The van der Waals surface area contributed by atoms with E-state index in [4.69, 9.17) is 10.5 Å². The highest BCUT2D eigenvalue weighted by molar-refractivity contribution is 5.97. The second-order valence-corrected chi connectivity index (χ2v) is 4.93. The summed E-state index contributed by atoms with van der Waals surface area (Å²) in [4.78, 5) is 20.1. The average molecular weight is 315 g/mol. The minimum Gasteiger partial charge on any atom is -0.465 e. The molecule has 0 aliphatic carbocycles. The van der Waals surface area contributed by atoms with Gasteiger partial charge in [0, 0.05) is 6.54 Å². The number of carbonyl (C=O) groups is 1. The number of nitrogens with one attached hydrogen (secondary N) is 2. The van der Waals surface area contributed by atoms with Gasteiger partial charge in [-0.25, -0.2) is 14.8 Å². The average Bonchev–Trinajstić information content (AvgIpc) is 2.58. The van der Waals surface area contributed by atoms with Crippen LogP contribution in [0, 0.1) is 0 Å². The highest BCUT2D eigenvalue weighted by Gasteiger charge is 2.14. The third-order valence-corrected chi connectivity index (χ3v) is 3.29. The van der Waals surface area contributed by atoms with E-state index in [1.54, 1.807) is 18.2 Å². The lowest BCUT2D eigenvalue weighted by atomic mass is 10.2. The van der Waals surface area contributed by atoms with Gasteiger partial charge in [-0.15, -0.1) is 0 Å². The Kier molecular flexibility index (Phi) is 5.74. The van der Waals surface area contributed by atoms with Crippen LogP contribution in [0.2, 0.25) is 0 Å². The molecule has 0 unspecified atom stereocenters. The molecule has 0 bridgehead atoms. The van der Waals surface area contributed by atoms with Gasteiger partial charge >= 0.3 is 5.97 Å². The Hall–Kier alpha value is -2.83. The van der Waals surface area contributed by atoms with Gasteiger partial charge in [0.2, 0.25) is 0 Å². The standard InChI is InChI=1S/C16H21N5O2/c1-3-4-9-18-14-13(17)15(20-10-19-14)21-12-8-6-5-7-11(12)16(22)23-2/h5-8,10H,3-4,9,17H2,1-2H3,(H2,18,19,20,21). The summed E-state index contributed by atoms with van der Waals surface area (Å²) >= 11 is 0. The Morgan fingerprint density at radius 2 is 2.00 bits per heavy atom. The fourth-order valence-corrected chi connectivity index (χ4v) is 2.03. The van der Waals surface area contributed by atoms with E-state index in [1.807, 2.05) is 6.07 Å². The number of carbonyl (C=O) groups excluding carboxylic acids is 1. The maximum atomic E-state index is 11.8. The maximum Gasteiger partial charge on any atom is 0.339 e. The molecule has 4 N–H and O–H groups in total. The molecule has 0 saturated carbocycles. The summed E-state index contributed by atoms with van der Waals surface area (Å²) in [7, 11) is 1.34. The molecule has 7 heteroatoms. The molecule has 0 aliphatic heterocycles. The summed E-state index contributed by atoms with van der Waals surface area (Å²) in [5, 5.41) is 6.25. The number of para-hydroxylation sites is 1. The molecule has 0 radical (unpaired) electrons. The monoisotopic (exact) mass is 315 g/mol. The van der Waals surface area contributed by atoms with Crippen molar-refractivity contribution >= 4 is 29.0 Å². The van der Waals surface area contributed by atoms with Crippen LogP contribution in [0.15, 0.2) is 30.6 Å². The van der Waals surface area contributed by atoms with E-state index in [9.17, 15) is 4.79 Å². The molecule has 0 spiro atoms. The van der Waals surface area contributed by atoms with Gasteiger partial charge in [-0.3, -0.25) is 0 Å². The summed E-state index contributed by atoms with van der Waals surface area (Å²) in [5.74, 6) is 0.587. The number of anilines is 4. The molecular weight excluding hydrogens is 294 g/mol. The smallest absolute Gasteiger partial charge is 0.339 e. The first kappa shape index (κ1) is 16.5. The minimum absolute atomic E-state index is 0.406. The number of hydrogen-bond acceptors (Lipinski definition) is 7. The molecule has 1 aromatic carbocycles. The number of esters is 1. The van der Waals surface area contributed by atoms with Crippen molar-refractivity contribution < 1.29 is 9.53 Å². The second-order valence-electron chi connectivity index (χ2n) is 4.93. The molecular formula is C16H21N5O2. The number of benzene rings is 1. The molecule has 23 heavy (non-hydrogen) atoms. The van der Waals surface area contributed by atoms with Crippen molar-refractivity contribution in [2.75, 3.05) is 30.0 Å². The largest absolute Gasteiger partial charge is 0.465 e. The summed E-state index contributed by atoms with van der Waals surface area (Å²) in [6.45, 7) is 2.90. The van der Waals surface area contributed by atoms with E-state index >= 15 is 0 Å². The summed E-state index contributed by atoms with van der Waals surface area (Å²) in [6, 6.07) is 7.01. The fourth-order valence-electron chi connectivity index (χ4n) is 2.03. The van der Waals surface area contributed by atoms with Crippen molar-refractivity contribution in [3.05, 3.63) is 36.2 Å². The Morgan fingerprint density at radius 1 is 1.26 bits per heavy atom. The number of methoxy groups -OCH3 is 1. The first-order chi connectivity index (χ1) is 11.2. The van der Waals surface area contributed by atoms with Gasteiger partial charge in [0.05, 0.1) is 18.4 Å². The van der Waals surface area contributed by atoms with Crippen LogP contribution in [0.3, 0.4) is 0 Å². The van der Waals surface area contributed by atoms with Crippen molar-refractivity contribution in [1.82, 2.24) is 9.97 Å². The van der Waals surface area contributed by atoms with Crippen molar-refractivity contribution in [3.8, 4) is 0 Å². The Morgan fingerprint density at radius 3 is 2.74 bits per heavy atom. The summed E-state index contributed by atoms with van der Waals surface area (Å²) < 4.78 is 4.78. The molecule has 0 fully saturated rings. The molecule has 7 nitrogen and oxygen atoms in total. The molecule has 0 aliphatic rings. The molecule has 0 amide bonds. The van der Waals surface area contributed by atoms with Gasteiger partial charge in [-0.1, -0.05) is 25.5 Å². The van der Waals surface area contributed by atoms with E-state index in [-0.39, 0.29) is 0 Å². The predicted molar refractivity (Wildman–Crippen MR) is 90.9 cm³/mol. The van der Waals surface area contributed by atoms with E-state index in [2.05, 4.69) is 27.5 Å². The zero-order valence-corrected chi connectivity index (χ0v) is 13.3. The van der Waals surface area contributed by atoms with Crippen molar-refractivity contribution in [1.29, 1.82) is 0 Å². The van der Waals surface area contributed by atoms with Gasteiger partial charge in [0.15, 0.2) is 11.6 Å². The molecule has 122 valence electrons. The first-order valence-corrected chi connectivity index (χ1v) is 7.46. The van der Waals surface area contributed by atoms with Crippen LogP contribution in [0.1, 0.15) is 30.1 Å². The molecule has 1 aromatic heterocycles. The molecule has 1 heterocycles. The van der Waals surface area contributed by atoms with Gasteiger partial charge < -0.3 is 21.1 Å². The highest BCUT2D eigenvalue weighted by atomic mass is 16.5. The second kappa shape index (κ2) is 7.98. The van der Waals surface area contributed by atoms with Crippen LogP contribution >= 0.6 is 0 Å². The fraction of sp³-hybridized carbons (Fsp3) is 0.312. The lowest BCUT2D eigenvalue weighted by Crippen LogP contribution is -2.10. The number of nitrogens with two attached hydrogens (primary N) is 1. The quantitative estimate of drug-likeness (QED) is 0.533. The summed E-state index contributed by atoms with van der Waals surface area (Å²) in [6.07, 6.45) is 3.53. The van der Waals surface area contributed by atoms with Gasteiger partial charge in [0.1, 0.15) is 12.0 Å². The van der Waals surface area contributed by atoms with Crippen LogP contribution in [-0.4, -0.2) is 29.6 Å². The number of unbranched alkanes of at least 4 members (excludes halogenated alkanes) is 1. The highest BCUT2D eigenvalue weighted by Crippen LogP contribution is 2.27. The third kappa shape index (κ3) is 4.09. The number of nitrogen functional groups attached to an aromatic ring is 1. The van der Waals surface area contributed by atoms with Crippen LogP contribution in [-0.2, 0) is 4.74 Å². The lowest BCUT2D eigenvalue weighted by molar-refractivity contribution is 0.0602. The van der Waals surface area contributed by atoms with E-state index in [0.717, 1.165) is 19.4 Å². The van der Waals surface area contributed by atoms with Gasteiger partial charge in [-0.2, -0.15) is 0 Å². The predicted octanol–water partition coefficient (Wildman–Crippen LogP) is 2.80. The Bertz CT molecular complexity index is 675. The van der Waals surface area contributed by atoms with Crippen LogP contribution in [0.25, 0.3) is 0 Å². The molecule has 2 rings (SSSR count). The SMILES string of the molecule is CCCCNc1ncnc(Nc2ccccc2C(=O)OC)c1N. The number of hydrogen-bond donors (Lipinski definition) is 3. The molecule has 0 atom stereocenters. The number of nitrogens with zero attached hydrogens (tertiary/aromatic N) is 2. The first-order valence-electron chi connectivity index (χ1n) is 7.46. The van der Waals surface area contributed by atoms with Gasteiger partial charge in [0.25, 0.3) is 0 Å². The Balaban J connectivity index is 2.24. The van der Waals surface area contributed by atoms with E-state index in [1.165, 1.54) is 13.4 Å². The van der Waals surface area contributed by atoms with Crippen molar-refractivity contribution in [3.63, 3.8) is 0 Å². The van der Waals surface area contributed by atoms with Crippen LogP contribution in [0.4, 0.5) is 23.0 Å². The number of ether oxygens (including phenoxy) is 1. The van der Waals surface area contributed by atoms with E-state index < -0.39 is 5.97 Å². The van der Waals surface area contributed by atoms with Crippen LogP contribution in [0.5, 0.6) is 0 Å². The Labute approximate surface area is 135 Å². The maximum absolute atomic E-state index is 11.8.